The quantitative estimate of drug-likeness (QED) is 0.633. The highest BCUT2D eigenvalue weighted by atomic mass is 16.4. The minimum atomic E-state index is -1.00. The van der Waals surface area contributed by atoms with Crippen LogP contribution in [0.25, 0.3) is 5.57 Å². The summed E-state index contributed by atoms with van der Waals surface area (Å²) >= 11 is 0. The number of hydrogen-bond donors (Lipinski definition) is 1. The Morgan fingerprint density at radius 3 is 2.65 bits per heavy atom. The molecule has 4 nitrogen and oxygen atoms in total. The maximum Gasteiger partial charge on any atom is 0.335 e. The number of hydrogen-bond acceptors (Lipinski definition) is 3. The highest BCUT2D eigenvalue weighted by Gasteiger charge is 2.04. The molecule has 0 amide bonds. The maximum atomic E-state index is 10.8. The molecule has 1 aromatic carbocycles. The second-order valence-corrected chi connectivity index (χ2v) is 3.23. The zero-order valence-corrected chi connectivity index (χ0v) is 9.05. The first-order valence-electron chi connectivity index (χ1n) is 4.70. The van der Waals surface area contributed by atoms with E-state index in [0.717, 1.165) is 0 Å². The predicted octanol–water partition coefficient (Wildman–Crippen LogP) is 2.51. The highest BCUT2D eigenvalue weighted by molar-refractivity contribution is 6.09. The van der Waals surface area contributed by atoms with Crippen LogP contribution < -0.4 is 0 Å². The molecule has 1 rings (SSSR count). The van der Waals surface area contributed by atoms with Crippen LogP contribution in [-0.2, 0) is 0 Å². The van der Waals surface area contributed by atoms with Crippen LogP contribution >= 0.6 is 0 Å². The Balaban J connectivity index is 2.94. The molecule has 0 fully saturated rings. The molecule has 84 valence electrons. The van der Waals surface area contributed by atoms with Gasteiger partial charge in [-0.3, -0.25) is 0 Å². The van der Waals surface area contributed by atoms with Crippen molar-refractivity contribution >= 4 is 17.8 Å². The van der Waals surface area contributed by atoms with Crippen molar-refractivity contribution in [3.8, 4) is 6.07 Å². The van der Waals surface area contributed by atoms with Crippen LogP contribution in [0.5, 0.6) is 0 Å². The summed E-state index contributed by atoms with van der Waals surface area (Å²) in [4.78, 5) is 14.5. The number of benzene rings is 1. The number of nitrogens with zero attached hydrogens (tertiary/aromatic N) is 2. The van der Waals surface area contributed by atoms with Gasteiger partial charge in [0, 0.05) is 6.21 Å². The molecule has 0 aliphatic carbocycles. The zero-order valence-electron chi connectivity index (χ0n) is 9.05. The number of allylic oxidation sites excluding steroid dienone is 2. The van der Waals surface area contributed by atoms with Gasteiger partial charge in [-0.2, -0.15) is 5.26 Å². The van der Waals surface area contributed by atoms with Crippen molar-refractivity contribution in [3.63, 3.8) is 0 Å². The van der Waals surface area contributed by atoms with E-state index in [2.05, 4.69) is 18.2 Å². The Labute approximate surface area is 98.9 Å². The summed E-state index contributed by atoms with van der Waals surface area (Å²) in [7, 11) is 0. The second-order valence-electron chi connectivity index (χ2n) is 3.23. The van der Waals surface area contributed by atoms with Crippen molar-refractivity contribution in [3.05, 3.63) is 54.2 Å². The molecule has 0 aliphatic heterocycles. The van der Waals surface area contributed by atoms with Gasteiger partial charge in [-0.15, -0.1) is 0 Å². The molecule has 0 radical (unpaired) electrons. The van der Waals surface area contributed by atoms with E-state index in [9.17, 15) is 4.79 Å². The van der Waals surface area contributed by atoms with Crippen molar-refractivity contribution in [1.29, 1.82) is 5.26 Å². The first-order valence-corrected chi connectivity index (χ1v) is 4.70. The average molecular weight is 226 g/mol. The summed E-state index contributed by atoms with van der Waals surface area (Å²) in [6, 6.07) is 8.10. The molecule has 17 heavy (non-hydrogen) atoms. The molecule has 4 heteroatoms. The third-order valence-electron chi connectivity index (χ3n) is 1.99. The van der Waals surface area contributed by atoms with E-state index < -0.39 is 5.97 Å². The largest absolute Gasteiger partial charge is 0.478 e. The number of nitriles is 1. The predicted molar refractivity (Wildman–Crippen MR) is 65.7 cm³/mol. The average Bonchev–Trinajstić information content (AvgIpc) is 2.35. The Morgan fingerprint density at radius 2 is 2.06 bits per heavy atom. The van der Waals surface area contributed by atoms with E-state index in [4.69, 9.17) is 10.4 Å². The molecular formula is C13H10N2O2. The number of carboxylic acids is 1. The van der Waals surface area contributed by atoms with Gasteiger partial charge in [-0.05, 0) is 23.3 Å². The van der Waals surface area contributed by atoms with E-state index in [-0.39, 0.29) is 11.3 Å². The van der Waals surface area contributed by atoms with Crippen LogP contribution in [0.15, 0.2) is 48.1 Å². The van der Waals surface area contributed by atoms with Crippen LogP contribution in [0.2, 0.25) is 0 Å². The van der Waals surface area contributed by atoms with Gasteiger partial charge in [0.25, 0.3) is 0 Å². The lowest BCUT2D eigenvalue weighted by molar-refractivity contribution is 0.0697. The van der Waals surface area contributed by atoms with E-state index in [1.807, 2.05) is 0 Å². The summed E-state index contributed by atoms with van der Waals surface area (Å²) in [6.45, 7) is 7.13. The molecule has 0 heterocycles. The van der Waals surface area contributed by atoms with Gasteiger partial charge >= 0.3 is 5.97 Å². The Morgan fingerprint density at radius 1 is 1.41 bits per heavy atom. The summed E-state index contributed by atoms with van der Waals surface area (Å²) in [5, 5.41) is 17.3. The van der Waals surface area contributed by atoms with Crippen LogP contribution in [0, 0.1) is 11.3 Å². The van der Waals surface area contributed by atoms with Gasteiger partial charge < -0.3 is 5.11 Å². The SMILES string of the molecule is C=C(C#N)/N=C/C(=C)c1cccc(C(=O)O)c1. The lowest BCUT2D eigenvalue weighted by Gasteiger charge is -2.01. The number of rotatable bonds is 4. The fourth-order valence-electron chi connectivity index (χ4n) is 1.11. The lowest BCUT2D eigenvalue weighted by Crippen LogP contribution is -1.97. The van der Waals surface area contributed by atoms with Crippen molar-refractivity contribution in [2.75, 3.05) is 0 Å². The summed E-state index contributed by atoms with van der Waals surface area (Å²) in [6.07, 6.45) is 1.38. The normalized spacial score (nSPS) is 9.82. The Bertz CT molecular complexity index is 551. The van der Waals surface area contributed by atoms with Crippen LogP contribution in [0.4, 0.5) is 0 Å². The molecule has 1 aromatic rings. The number of carboxylic acid groups (broad SMARTS) is 1. The molecular weight excluding hydrogens is 216 g/mol. The fourth-order valence-corrected chi connectivity index (χ4v) is 1.11. The van der Waals surface area contributed by atoms with Crippen LogP contribution in [0.3, 0.4) is 0 Å². The van der Waals surface area contributed by atoms with Crippen LogP contribution in [0.1, 0.15) is 15.9 Å². The van der Waals surface area contributed by atoms with Crippen LogP contribution in [-0.4, -0.2) is 17.3 Å². The molecule has 0 aromatic heterocycles. The van der Waals surface area contributed by atoms with Crippen molar-refractivity contribution in [2.45, 2.75) is 0 Å². The third kappa shape index (κ3) is 3.43. The first-order chi connectivity index (χ1) is 8.04. The monoisotopic (exact) mass is 226 g/mol. The van der Waals surface area contributed by atoms with E-state index in [0.29, 0.717) is 11.1 Å². The molecule has 0 atom stereocenters. The molecule has 1 N–H and O–H groups in total. The number of carbonyl (C=O) groups is 1. The maximum absolute atomic E-state index is 10.8. The summed E-state index contributed by atoms with van der Waals surface area (Å²) < 4.78 is 0. The van der Waals surface area contributed by atoms with Crippen molar-refractivity contribution in [2.24, 2.45) is 4.99 Å². The standard InChI is InChI=1S/C13H10N2O2/c1-9(8-15-10(2)7-14)11-4-3-5-12(6-11)13(16)17/h3-6,8H,1-2H2,(H,16,17)/b15-8+. The number of aliphatic imine (C=N–C) groups is 1. The highest BCUT2D eigenvalue weighted by Crippen LogP contribution is 2.13. The van der Waals surface area contributed by atoms with Crippen molar-refractivity contribution < 1.29 is 9.90 Å². The lowest BCUT2D eigenvalue weighted by atomic mass is 10.1. The number of aromatic carboxylic acids is 1. The molecule has 0 spiro atoms. The van der Waals surface area contributed by atoms with Gasteiger partial charge in [-0.25, -0.2) is 9.79 Å². The Kier molecular flexibility index (Phi) is 3.96. The molecule has 0 unspecified atom stereocenters. The van der Waals surface area contributed by atoms with Gasteiger partial charge in [0.2, 0.25) is 0 Å². The van der Waals surface area contributed by atoms with Gasteiger partial charge in [0.1, 0.15) is 11.8 Å². The second kappa shape index (κ2) is 5.42. The molecule has 0 bridgehead atoms. The third-order valence-corrected chi connectivity index (χ3v) is 1.99. The molecule has 0 saturated heterocycles. The molecule has 0 aliphatic rings. The molecule has 0 saturated carbocycles. The Hall–Kier alpha value is -2.67. The minimum absolute atomic E-state index is 0.0699. The van der Waals surface area contributed by atoms with Gasteiger partial charge in [-0.1, -0.05) is 25.3 Å². The smallest absolute Gasteiger partial charge is 0.335 e. The first kappa shape index (κ1) is 12.4. The minimum Gasteiger partial charge on any atom is -0.478 e. The van der Waals surface area contributed by atoms with Crippen molar-refractivity contribution in [1.82, 2.24) is 0 Å². The summed E-state index contributed by atoms with van der Waals surface area (Å²) in [5.74, 6) is -1.00. The van der Waals surface area contributed by atoms with Gasteiger partial charge in [0.05, 0.1) is 5.56 Å². The van der Waals surface area contributed by atoms with Gasteiger partial charge in [0.15, 0.2) is 0 Å². The fraction of sp³-hybridized carbons (Fsp3) is 0. The van der Waals surface area contributed by atoms with E-state index in [1.54, 1.807) is 18.2 Å². The van der Waals surface area contributed by atoms with E-state index in [1.165, 1.54) is 18.3 Å². The zero-order chi connectivity index (χ0) is 12.8. The van der Waals surface area contributed by atoms with E-state index >= 15 is 0 Å². The summed E-state index contributed by atoms with van der Waals surface area (Å²) in [5.41, 5.74) is 1.40. The topological polar surface area (TPSA) is 73.5 Å².